The number of pyridine rings is 1. The normalized spacial score (nSPS) is 20.0. The molecule has 0 spiro atoms. The Hall–Kier alpha value is -2.54. The molecule has 0 fully saturated rings. The van der Waals surface area contributed by atoms with E-state index in [1.165, 1.54) is 0 Å². The van der Waals surface area contributed by atoms with Crippen molar-refractivity contribution in [1.29, 1.82) is 5.26 Å². The van der Waals surface area contributed by atoms with Gasteiger partial charge < -0.3 is 9.64 Å². The standard InChI is InChI=1S/C17H17N3O/c1-3-20-16-10-12(21-2)7-8-13(16)14(11-18)17(20)15-6-4-5-9-19-15/h4-10,14,17H,3H2,1-2H3. The van der Waals surface area contributed by atoms with Gasteiger partial charge in [0, 0.05) is 24.5 Å². The lowest BCUT2D eigenvalue weighted by atomic mass is 9.94. The molecule has 1 aliphatic heterocycles. The number of benzene rings is 1. The number of hydrogen-bond donors (Lipinski definition) is 0. The van der Waals surface area contributed by atoms with Crippen molar-refractivity contribution >= 4 is 5.69 Å². The molecule has 2 heterocycles. The van der Waals surface area contributed by atoms with Crippen LogP contribution in [-0.4, -0.2) is 18.6 Å². The van der Waals surface area contributed by atoms with Crippen molar-refractivity contribution in [3.8, 4) is 11.8 Å². The molecule has 21 heavy (non-hydrogen) atoms. The Morgan fingerprint density at radius 3 is 2.81 bits per heavy atom. The van der Waals surface area contributed by atoms with Gasteiger partial charge in [-0.15, -0.1) is 0 Å². The third-order valence-electron chi connectivity index (χ3n) is 4.00. The first kappa shape index (κ1) is 13.4. The fourth-order valence-electron chi connectivity index (χ4n) is 3.05. The smallest absolute Gasteiger partial charge is 0.120 e. The molecule has 0 saturated carbocycles. The first-order valence-electron chi connectivity index (χ1n) is 7.05. The van der Waals surface area contributed by atoms with Crippen molar-refractivity contribution in [1.82, 2.24) is 4.98 Å². The Bertz CT molecular complexity index is 678. The summed E-state index contributed by atoms with van der Waals surface area (Å²) in [7, 11) is 1.66. The summed E-state index contributed by atoms with van der Waals surface area (Å²) in [4.78, 5) is 6.69. The van der Waals surface area contributed by atoms with Crippen LogP contribution in [0.25, 0.3) is 0 Å². The van der Waals surface area contributed by atoms with Crippen molar-refractivity contribution in [2.75, 3.05) is 18.6 Å². The number of methoxy groups -OCH3 is 1. The highest BCUT2D eigenvalue weighted by molar-refractivity contribution is 5.66. The number of nitrogens with zero attached hydrogens (tertiary/aromatic N) is 3. The summed E-state index contributed by atoms with van der Waals surface area (Å²) in [5, 5.41) is 9.65. The summed E-state index contributed by atoms with van der Waals surface area (Å²) in [5.74, 6) is 0.603. The summed E-state index contributed by atoms with van der Waals surface area (Å²) < 4.78 is 5.32. The monoisotopic (exact) mass is 279 g/mol. The van der Waals surface area contributed by atoms with Gasteiger partial charge >= 0.3 is 0 Å². The predicted octanol–water partition coefficient (Wildman–Crippen LogP) is 3.28. The first-order valence-corrected chi connectivity index (χ1v) is 7.05. The van der Waals surface area contributed by atoms with Crippen molar-refractivity contribution in [3.63, 3.8) is 0 Å². The predicted molar refractivity (Wildman–Crippen MR) is 81.3 cm³/mol. The van der Waals surface area contributed by atoms with Crippen LogP contribution in [0.15, 0.2) is 42.6 Å². The van der Waals surface area contributed by atoms with Crippen LogP contribution in [0.2, 0.25) is 0 Å². The van der Waals surface area contributed by atoms with E-state index >= 15 is 0 Å². The number of aromatic nitrogens is 1. The molecule has 0 bridgehead atoms. The van der Waals surface area contributed by atoms with Crippen LogP contribution in [0.4, 0.5) is 5.69 Å². The van der Waals surface area contributed by atoms with Gasteiger partial charge in [0.25, 0.3) is 0 Å². The number of likely N-dealkylation sites (N-methyl/N-ethyl adjacent to an activating group) is 1. The van der Waals surface area contributed by atoms with E-state index in [9.17, 15) is 5.26 Å². The van der Waals surface area contributed by atoms with Gasteiger partial charge in [-0.3, -0.25) is 4.98 Å². The van der Waals surface area contributed by atoms with E-state index in [0.29, 0.717) is 0 Å². The lowest BCUT2D eigenvalue weighted by Crippen LogP contribution is -2.27. The van der Waals surface area contributed by atoms with E-state index in [1.54, 1.807) is 13.3 Å². The first-order chi connectivity index (χ1) is 10.3. The highest BCUT2D eigenvalue weighted by Crippen LogP contribution is 2.48. The summed E-state index contributed by atoms with van der Waals surface area (Å²) in [6.07, 6.45) is 1.78. The van der Waals surface area contributed by atoms with Crippen LogP contribution < -0.4 is 9.64 Å². The van der Waals surface area contributed by atoms with Crippen LogP contribution in [0.3, 0.4) is 0 Å². The van der Waals surface area contributed by atoms with Gasteiger partial charge in [0.2, 0.25) is 0 Å². The molecule has 4 nitrogen and oxygen atoms in total. The number of anilines is 1. The lowest BCUT2D eigenvalue weighted by molar-refractivity contribution is 0.415. The van der Waals surface area contributed by atoms with E-state index in [2.05, 4.69) is 22.9 Å². The maximum absolute atomic E-state index is 9.65. The number of hydrogen-bond acceptors (Lipinski definition) is 4. The molecule has 0 aliphatic carbocycles. The maximum Gasteiger partial charge on any atom is 0.120 e. The third kappa shape index (κ3) is 2.11. The minimum atomic E-state index is -0.208. The molecular weight excluding hydrogens is 262 g/mol. The molecule has 2 aromatic rings. The highest BCUT2D eigenvalue weighted by Gasteiger charge is 2.39. The van der Waals surface area contributed by atoms with Crippen LogP contribution in [-0.2, 0) is 0 Å². The van der Waals surface area contributed by atoms with Crippen LogP contribution in [0, 0.1) is 11.3 Å². The summed E-state index contributed by atoms with van der Waals surface area (Å²) in [6.45, 7) is 2.92. The number of fused-ring (bicyclic) bond motifs is 1. The van der Waals surface area contributed by atoms with Gasteiger partial charge in [-0.1, -0.05) is 12.1 Å². The second-order valence-electron chi connectivity index (χ2n) is 5.02. The SMILES string of the molecule is CCN1c2cc(OC)ccc2C(C#N)C1c1ccccn1. The van der Waals surface area contributed by atoms with Crippen LogP contribution in [0.1, 0.15) is 30.1 Å². The van der Waals surface area contributed by atoms with Crippen molar-refractivity contribution in [3.05, 3.63) is 53.9 Å². The zero-order valence-electron chi connectivity index (χ0n) is 12.2. The van der Waals surface area contributed by atoms with Crippen LogP contribution >= 0.6 is 0 Å². The van der Waals surface area contributed by atoms with Crippen molar-refractivity contribution in [2.24, 2.45) is 0 Å². The molecular formula is C17H17N3O. The molecule has 4 heteroatoms. The molecule has 3 rings (SSSR count). The van der Waals surface area contributed by atoms with Gasteiger partial charge in [-0.25, -0.2) is 0 Å². The zero-order valence-corrected chi connectivity index (χ0v) is 12.2. The molecule has 0 amide bonds. The minimum absolute atomic E-state index is 0.0386. The van der Waals surface area contributed by atoms with Gasteiger partial charge in [-0.2, -0.15) is 5.26 Å². The number of ether oxygens (including phenoxy) is 1. The Morgan fingerprint density at radius 1 is 1.33 bits per heavy atom. The highest BCUT2D eigenvalue weighted by atomic mass is 16.5. The van der Waals surface area contributed by atoms with E-state index in [4.69, 9.17) is 4.74 Å². The van der Waals surface area contributed by atoms with E-state index < -0.39 is 0 Å². The molecule has 2 atom stereocenters. The molecule has 1 aromatic heterocycles. The van der Waals surface area contributed by atoms with Crippen LogP contribution in [0.5, 0.6) is 5.75 Å². The van der Waals surface area contributed by atoms with Gasteiger partial charge in [-0.05, 0) is 30.7 Å². The average Bonchev–Trinajstić information content (AvgIpc) is 2.88. The molecule has 106 valence electrons. The number of nitriles is 1. The Kier molecular flexibility index (Phi) is 3.49. The summed E-state index contributed by atoms with van der Waals surface area (Å²) in [5.41, 5.74) is 3.05. The zero-order chi connectivity index (χ0) is 14.8. The van der Waals surface area contributed by atoms with Gasteiger partial charge in [0.1, 0.15) is 5.75 Å². The summed E-state index contributed by atoms with van der Waals surface area (Å²) >= 11 is 0. The topological polar surface area (TPSA) is 49.1 Å². The van der Waals surface area contributed by atoms with Crippen molar-refractivity contribution < 1.29 is 4.74 Å². The van der Waals surface area contributed by atoms with E-state index in [0.717, 1.165) is 29.2 Å². The fourth-order valence-corrected chi connectivity index (χ4v) is 3.05. The fraction of sp³-hybridized carbons (Fsp3) is 0.294. The lowest BCUT2D eigenvalue weighted by Gasteiger charge is -2.27. The van der Waals surface area contributed by atoms with Gasteiger partial charge in [0.15, 0.2) is 0 Å². The average molecular weight is 279 g/mol. The molecule has 0 N–H and O–H groups in total. The van der Waals surface area contributed by atoms with E-state index in [-0.39, 0.29) is 12.0 Å². The Labute approximate surface area is 124 Å². The van der Waals surface area contributed by atoms with E-state index in [1.807, 2.05) is 36.4 Å². The summed E-state index contributed by atoms with van der Waals surface area (Å²) in [6, 6.07) is 14.2. The second-order valence-corrected chi connectivity index (χ2v) is 5.02. The molecule has 0 saturated heterocycles. The third-order valence-corrected chi connectivity index (χ3v) is 4.00. The number of rotatable bonds is 3. The second kappa shape index (κ2) is 5.45. The largest absolute Gasteiger partial charge is 0.497 e. The molecule has 0 radical (unpaired) electrons. The quantitative estimate of drug-likeness (QED) is 0.865. The van der Waals surface area contributed by atoms with Crippen molar-refractivity contribution in [2.45, 2.75) is 18.9 Å². The van der Waals surface area contributed by atoms with Gasteiger partial charge in [0.05, 0.1) is 30.8 Å². The molecule has 1 aliphatic rings. The molecule has 2 unspecified atom stereocenters. The maximum atomic E-state index is 9.65. The Balaban J connectivity index is 2.13. The Morgan fingerprint density at radius 2 is 2.19 bits per heavy atom. The molecule has 1 aromatic carbocycles. The minimum Gasteiger partial charge on any atom is -0.497 e.